The molecule has 7 nitrogen and oxygen atoms in total. The summed E-state index contributed by atoms with van der Waals surface area (Å²) in [7, 11) is 0. The van der Waals surface area contributed by atoms with E-state index in [1.54, 1.807) is 12.3 Å². The Labute approximate surface area is 154 Å². The van der Waals surface area contributed by atoms with Crippen molar-refractivity contribution >= 4 is 18.0 Å². The monoisotopic (exact) mass is 363 g/mol. The molecule has 1 aromatic rings. The number of amides is 1. The molecule has 0 aliphatic carbocycles. The van der Waals surface area contributed by atoms with Gasteiger partial charge in [-0.25, -0.2) is 5.48 Å². The molecule has 0 radical (unpaired) electrons. The lowest BCUT2D eigenvalue weighted by atomic mass is 10.0. The Kier molecular flexibility index (Phi) is 8.41. The normalized spacial score (nSPS) is 13.0. The van der Waals surface area contributed by atoms with Crippen LogP contribution >= 0.6 is 0 Å². The highest BCUT2D eigenvalue weighted by molar-refractivity contribution is 5.90. The summed E-state index contributed by atoms with van der Waals surface area (Å²) in [4.78, 5) is 27.6. The minimum absolute atomic E-state index is 0.263. The summed E-state index contributed by atoms with van der Waals surface area (Å²) >= 11 is 0. The van der Waals surface area contributed by atoms with Gasteiger partial charge >= 0.3 is 5.97 Å². The average molecular weight is 363 g/mol. The van der Waals surface area contributed by atoms with Gasteiger partial charge in [0.25, 0.3) is 5.91 Å². The van der Waals surface area contributed by atoms with Gasteiger partial charge in [-0.05, 0) is 50.8 Å². The van der Waals surface area contributed by atoms with Gasteiger partial charge in [0.1, 0.15) is 11.6 Å². The van der Waals surface area contributed by atoms with Crippen molar-refractivity contribution in [1.82, 2.24) is 15.8 Å². The second-order valence-electron chi connectivity index (χ2n) is 7.49. The minimum atomic E-state index is -0.607. The van der Waals surface area contributed by atoms with Crippen LogP contribution in [0.2, 0.25) is 0 Å². The van der Waals surface area contributed by atoms with Crippen LogP contribution in [0.15, 0.2) is 24.4 Å². The smallest absolute Gasteiger partial charge is 0.323 e. The third-order valence-corrected chi connectivity index (χ3v) is 3.31. The molecule has 1 rings (SSSR count). The van der Waals surface area contributed by atoms with Crippen LogP contribution in [0.1, 0.15) is 52.3 Å². The Morgan fingerprint density at radius 2 is 2.00 bits per heavy atom. The molecular weight excluding hydrogens is 334 g/mol. The van der Waals surface area contributed by atoms with Gasteiger partial charge < -0.3 is 4.74 Å². The predicted octanol–water partition coefficient (Wildman–Crippen LogP) is 2.45. The third kappa shape index (κ3) is 8.73. The first-order chi connectivity index (χ1) is 12.1. The van der Waals surface area contributed by atoms with Crippen molar-refractivity contribution in [3.05, 3.63) is 35.7 Å². The molecule has 0 aliphatic rings. The van der Waals surface area contributed by atoms with Crippen molar-refractivity contribution < 1.29 is 19.5 Å². The number of hydrogen-bond acceptors (Lipinski definition) is 6. The summed E-state index contributed by atoms with van der Waals surface area (Å²) < 4.78 is 5.48. The summed E-state index contributed by atoms with van der Waals surface area (Å²) in [5.74, 6) is -0.524. The molecule has 26 heavy (non-hydrogen) atoms. The van der Waals surface area contributed by atoms with Gasteiger partial charge in [0.05, 0.1) is 5.69 Å². The summed E-state index contributed by atoms with van der Waals surface area (Å²) in [5.41, 5.74) is 2.49. The Balaban J connectivity index is 2.68. The van der Waals surface area contributed by atoms with Crippen LogP contribution in [0.5, 0.6) is 0 Å². The number of aromatic nitrogens is 1. The van der Waals surface area contributed by atoms with Crippen LogP contribution < -0.4 is 10.8 Å². The highest BCUT2D eigenvalue weighted by Gasteiger charge is 2.25. The van der Waals surface area contributed by atoms with Crippen molar-refractivity contribution in [2.24, 2.45) is 5.92 Å². The highest BCUT2D eigenvalue weighted by atomic mass is 16.6. The molecule has 0 bridgehead atoms. The lowest BCUT2D eigenvalue weighted by Gasteiger charge is -2.25. The fraction of sp³-hybridized carbons (Fsp3) is 0.526. The zero-order valence-electron chi connectivity index (χ0n) is 16.1. The zero-order chi connectivity index (χ0) is 19.7. The largest absolute Gasteiger partial charge is 0.459 e. The summed E-state index contributed by atoms with van der Waals surface area (Å²) in [6.45, 7) is 10.1. The molecular formula is C19H29N3O4. The molecule has 144 valence electrons. The quantitative estimate of drug-likeness (QED) is 0.284. The van der Waals surface area contributed by atoms with Crippen LogP contribution in [0.4, 0.5) is 0 Å². The molecule has 1 aromatic heterocycles. The first-order valence-corrected chi connectivity index (χ1v) is 8.64. The lowest BCUT2D eigenvalue weighted by Crippen LogP contribution is -2.42. The number of hydrogen-bond donors (Lipinski definition) is 3. The maximum Gasteiger partial charge on any atom is 0.323 e. The molecule has 7 heteroatoms. The molecule has 1 amide bonds. The second kappa shape index (κ2) is 10.0. The van der Waals surface area contributed by atoms with E-state index in [4.69, 9.17) is 9.94 Å². The molecule has 0 saturated carbocycles. The van der Waals surface area contributed by atoms with Crippen LogP contribution in [-0.4, -0.2) is 33.7 Å². The van der Waals surface area contributed by atoms with Crippen LogP contribution in [0.3, 0.4) is 0 Å². The van der Waals surface area contributed by atoms with Crippen molar-refractivity contribution in [3.63, 3.8) is 0 Å². The van der Waals surface area contributed by atoms with Gasteiger partial charge in [-0.2, -0.15) is 0 Å². The number of esters is 1. The van der Waals surface area contributed by atoms with E-state index in [2.05, 4.69) is 24.1 Å². The second-order valence-corrected chi connectivity index (χ2v) is 7.49. The van der Waals surface area contributed by atoms with E-state index >= 15 is 0 Å². The minimum Gasteiger partial charge on any atom is -0.459 e. The Morgan fingerprint density at radius 1 is 1.31 bits per heavy atom. The van der Waals surface area contributed by atoms with E-state index in [1.165, 1.54) is 17.6 Å². The van der Waals surface area contributed by atoms with Crippen molar-refractivity contribution in [3.8, 4) is 0 Å². The van der Waals surface area contributed by atoms with Crippen LogP contribution in [0, 0.1) is 5.92 Å². The maximum atomic E-state index is 12.4. The molecule has 0 fully saturated rings. The molecule has 0 aromatic carbocycles. The van der Waals surface area contributed by atoms with E-state index in [1.807, 2.05) is 26.8 Å². The number of rotatable bonds is 8. The molecule has 0 unspecified atom stereocenters. The Hall–Kier alpha value is -2.25. The van der Waals surface area contributed by atoms with Gasteiger partial charge in [0.2, 0.25) is 0 Å². The van der Waals surface area contributed by atoms with Gasteiger partial charge in [0.15, 0.2) is 0 Å². The van der Waals surface area contributed by atoms with Crippen molar-refractivity contribution in [1.29, 1.82) is 0 Å². The van der Waals surface area contributed by atoms with Gasteiger partial charge in [-0.15, -0.1) is 0 Å². The number of pyridine rings is 1. The van der Waals surface area contributed by atoms with E-state index in [0.717, 1.165) is 11.3 Å². The molecule has 0 aliphatic heterocycles. The number of ether oxygens (including phenoxy) is 1. The van der Waals surface area contributed by atoms with Gasteiger partial charge in [0, 0.05) is 18.8 Å². The fourth-order valence-corrected chi connectivity index (χ4v) is 2.18. The van der Waals surface area contributed by atoms with Gasteiger partial charge in [-0.1, -0.05) is 19.9 Å². The van der Waals surface area contributed by atoms with Gasteiger partial charge in [-0.3, -0.25) is 25.1 Å². The number of carbonyl (C=O) groups is 2. The number of nitrogens with zero attached hydrogens (tertiary/aromatic N) is 1. The summed E-state index contributed by atoms with van der Waals surface area (Å²) in [6.07, 6.45) is 5.03. The number of carbonyl (C=O) groups excluding carboxylic acids is 2. The molecule has 0 saturated heterocycles. The van der Waals surface area contributed by atoms with Crippen LogP contribution in [-0.2, 0) is 20.9 Å². The van der Waals surface area contributed by atoms with Crippen molar-refractivity contribution in [2.75, 3.05) is 0 Å². The highest BCUT2D eigenvalue weighted by Crippen LogP contribution is 2.13. The summed E-state index contributed by atoms with van der Waals surface area (Å²) in [6, 6.07) is 3.21. The topological polar surface area (TPSA) is 101 Å². The Morgan fingerprint density at radius 3 is 2.50 bits per heavy atom. The van der Waals surface area contributed by atoms with E-state index in [0.29, 0.717) is 18.9 Å². The van der Waals surface area contributed by atoms with Crippen molar-refractivity contribution in [2.45, 2.75) is 59.2 Å². The lowest BCUT2D eigenvalue weighted by molar-refractivity contribution is -0.158. The first kappa shape index (κ1) is 21.8. The van der Waals surface area contributed by atoms with E-state index in [-0.39, 0.29) is 5.97 Å². The summed E-state index contributed by atoms with van der Waals surface area (Å²) in [5, 5.41) is 11.7. The predicted molar refractivity (Wildman–Crippen MR) is 99.1 cm³/mol. The molecule has 0 spiro atoms. The van der Waals surface area contributed by atoms with E-state index < -0.39 is 17.6 Å². The zero-order valence-corrected chi connectivity index (χ0v) is 16.1. The standard InChI is InChI=1S/C19H29N3O4/c1-13(2)10-16(18(24)26-19(3,4)5)21-12-15-8-6-14(11-20-15)7-9-17(23)22-25/h6-9,11,13,16,21,25H,10,12H2,1-5H3,(H,22,23)/t16-/m0/s1. The molecule has 1 heterocycles. The number of nitrogens with one attached hydrogen (secondary N) is 2. The van der Waals surface area contributed by atoms with E-state index in [9.17, 15) is 9.59 Å². The fourth-order valence-electron chi connectivity index (χ4n) is 2.18. The number of hydroxylamine groups is 1. The SMILES string of the molecule is CC(C)C[C@H](NCc1ccc(C=CC(=O)NO)cn1)C(=O)OC(C)(C)C. The van der Waals surface area contributed by atoms with Crippen LogP contribution in [0.25, 0.3) is 6.08 Å². The average Bonchev–Trinajstić information content (AvgIpc) is 2.55. The third-order valence-electron chi connectivity index (χ3n) is 3.31. The molecule has 1 atom stereocenters. The maximum absolute atomic E-state index is 12.4. The first-order valence-electron chi connectivity index (χ1n) is 8.64. The molecule has 3 N–H and O–H groups in total. The Bertz CT molecular complexity index is 619.